The van der Waals surface area contributed by atoms with Gasteiger partial charge >= 0.3 is 0 Å². The Labute approximate surface area is 168 Å². The van der Waals surface area contributed by atoms with Crippen LogP contribution in [0.4, 0.5) is 5.95 Å². The van der Waals surface area contributed by atoms with Crippen molar-refractivity contribution in [3.63, 3.8) is 0 Å². The molecule has 0 radical (unpaired) electrons. The number of nitrogens with zero attached hydrogens (tertiary/aromatic N) is 3. The molecule has 4 rings (SSSR count). The summed E-state index contributed by atoms with van der Waals surface area (Å²) in [5, 5.41) is 13.2. The van der Waals surface area contributed by atoms with E-state index in [2.05, 4.69) is 21.4 Å². The van der Waals surface area contributed by atoms with Crippen LogP contribution in [-0.2, 0) is 7.05 Å². The van der Waals surface area contributed by atoms with E-state index in [9.17, 15) is 5.11 Å². The number of aliphatic hydroxyl groups is 1. The van der Waals surface area contributed by atoms with Gasteiger partial charge in [-0.3, -0.25) is 4.98 Å². The Hall–Kier alpha value is -2.89. The van der Waals surface area contributed by atoms with Crippen LogP contribution in [0, 0.1) is 0 Å². The monoisotopic (exact) mass is 392 g/mol. The largest absolute Gasteiger partial charge is 0.394 e. The van der Waals surface area contributed by atoms with Gasteiger partial charge in [0.15, 0.2) is 0 Å². The van der Waals surface area contributed by atoms with Crippen LogP contribution >= 0.6 is 11.6 Å². The van der Waals surface area contributed by atoms with Gasteiger partial charge in [-0.25, -0.2) is 4.98 Å². The minimum absolute atomic E-state index is 0.0539. The molecule has 142 valence electrons. The Balaban J connectivity index is 1.64. The number of pyridine rings is 1. The van der Waals surface area contributed by atoms with Gasteiger partial charge < -0.3 is 15.0 Å². The number of hydrogen-bond donors (Lipinski definition) is 2. The normalized spacial score (nSPS) is 12.3. The number of aromatic nitrogens is 3. The topological polar surface area (TPSA) is 63.0 Å². The SMILES string of the molecule is CC(CO)Nc1nc2cc(-c3ccc(-c4ccc(Cl)cc4)cn3)ccc2n1C. The molecule has 5 nitrogen and oxygen atoms in total. The van der Waals surface area contributed by atoms with Crippen molar-refractivity contribution in [2.45, 2.75) is 13.0 Å². The minimum atomic E-state index is -0.0583. The quantitative estimate of drug-likeness (QED) is 0.514. The highest BCUT2D eigenvalue weighted by molar-refractivity contribution is 6.30. The lowest BCUT2D eigenvalue weighted by Crippen LogP contribution is -2.21. The third-order valence-electron chi connectivity index (χ3n) is 4.77. The Morgan fingerprint density at radius 2 is 1.75 bits per heavy atom. The summed E-state index contributed by atoms with van der Waals surface area (Å²) < 4.78 is 1.99. The molecule has 1 atom stereocenters. The van der Waals surface area contributed by atoms with Gasteiger partial charge in [0.05, 0.1) is 23.3 Å². The first-order valence-corrected chi connectivity index (χ1v) is 9.49. The lowest BCUT2D eigenvalue weighted by Gasteiger charge is -2.11. The second kappa shape index (κ2) is 7.62. The van der Waals surface area contributed by atoms with E-state index in [0.717, 1.165) is 44.4 Å². The van der Waals surface area contributed by atoms with Gasteiger partial charge in [0.2, 0.25) is 5.95 Å². The Bertz CT molecular complexity index is 1100. The van der Waals surface area contributed by atoms with Crippen molar-refractivity contribution < 1.29 is 5.11 Å². The molecule has 0 spiro atoms. The zero-order chi connectivity index (χ0) is 19.7. The molecular weight excluding hydrogens is 372 g/mol. The molecule has 2 aromatic carbocycles. The molecular formula is C22H21ClN4O. The first-order valence-electron chi connectivity index (χ1n) is 9.11. The lowest BCUT2D eigenvalue weighted by atomic mass is 10.1. The molecule has 2 aromatic heterocycles. The summed E-state index contributed by atoms with van der Waals surface area (Å²) in [5.41, 5.74) is 5.94. The molecule has 0 aliphatic rings. The fourth-order valence-corrected chi connectivity index (χ4v) is 3.26. The zero-order valence-corrected chi connectivity index (χ0v) is 16.5. The number of halogens is 1. The number of anilines is 1. The summed E-state index contributed by atoms with van der Waals surface area (Å²) in [7, 11) is 1.96. The van der Waals surface area contributed by atoms with E-state index in [1.165, 1.54) is 0 Å². The van der Waals surface area contributed by atoms with Crippen molar-refractivity contribution in [3.8, 4) is 22.4 Å². The van der Waals surface area contributed by atoms with Gasteiger partial charge in [-0.15, -0.1) is 0 Å². The molecule has 28 heavy (non-hydrogen) atoms. The average molecular weight is 393 g/mol. The first-order chi connectivity index (χ1) is 13.5. The molecule has 0 saturated carbocycles. The summed E-state index contributed by atoms with van der Waals surface area (Å²) in [4.78, 5) is 9.29. The van der Waals surface area contributed by atoms with Crippen LogP contribution in [0.5, 0.6) is 0 Å². The summed E-state index contributed by atoms with van der Waals surface area (Å²) in [6.07, 6.45) is 1.87. The predicted octanol–water partition coefficient (Wildman–Crippen LogP) is 4.75. The number of aryl methyl sites for hydroxylation is 1. The second-order valence-corrected chi connectivity index (χ2v) is 7.30. The van der Waals surface area contributed by atoms with Crippen LogP contribution in [0.1, 0.15) is 6.92 Å². The highest BCUT2D eigenvalue weighted by atomic mass is 35.5. The lowest BCUT2D eigenvalue weighted by molar-refractivity contribution is 0.281. The van der Waals surface area contributed by atoms with Crippen molar-refractivity contribution in [2.24, 2.45) is 7.05 Å². The third-order valence-corrected chi connectivity index (χ3v) is 5.02. The highest BCUT2D eigenvalue weighted by Crippen LogP contribution is 2.27. The maximum Gasteiger partial charge on any atom is 0.203 e. The van der Waals surface area contributed by atoms with Gasteiger partial charge in [0.25, 0.3) is 0 Å². The molecule has 0 amide bonds. The average Bonchev–Trinajstić information content (AvgIpc) is 3.03. The fourth-order valence-electron chi connectivity index (χ4n) is 3.13. The van der Waals surface area contributed by atoms with Crippen molar-refractivity contribution in [3.05, 3.63) is 65.8 Å². The molecule has 1 unspecified atom stereocenters. The smallest absolute Gasteiger partial charge is 0.203 e. The van der Waals surface area contributed by atoms with Gasteiger partial charge in [0.1, 0.15) is 0 Å². The van der Waals surface area contributed by atoms with Gasteiger partial charge in [-0.05, 0) is 42.8 Å². The van der Waals surface area contributed by atoms with E-state index in [1.54, 1.807) is 0 Å². The number of benzene rings is 2. The van der Waals surface area contributed by atoms with Gasteiger partial charge in [0, 0.05) is 35.4 Å². The van der Waals surface area contributed by atoms with Crippen LogP contribution in [-0.4, -0.2) is 32.3 Å². The second-order valence-electron chi connectivity index (χ2n) is 6.86. The van der Waals surface area contributed by atoms with E-state index in [0.29, 0.717) is 0 Å². The van der Waals surface area contributed by atoms with Crippen LogP contribution in [0.25, 0.3) is 33.4 Å². The molecule has 2 heterocycles. The third kappa shape index (κ3) is 3.59. The maximum absolute atomic E-state index is 9.26. The van der Waals surface area contributed by atoms with Crippen molar-refractivity contribution in [1.82, 2.24) is 14.5 Å². The number of aliphatic hydroxyl groups excluding tert-OH is 1. The van der Waals surface area contributed by atoms with E-state index < -0.39 is 0 Å². The van der Waals surface area contributed by atoms with E-state index in [1.807, 2.05) is 73.3 Å². The van der Waals surface area contributed by atoms with Crippen LogP contribution < -0.4 is 5.32 Å². The van der Waals surface area contributed by atoms with Gasteiger partial charge in [-0.2, -0.15) is 0 Å². The number of imidazole rings is 1. The Kier molecular flexibility index (Phi) is 5.03. The molecule has 2 N–H and O–H groups in total. The number of rotatable bonds is 5. The molecule has 0 saturated heterocycles. The molecule has 0 bridgehead atoms. The van der Waals surface area contributed by atoms with Crippen LogP contribution in [0.15, 0.2) is 60.8 Å². The van der Waals surface area contributed by atoms with E-state index >= 15 is 0 Å². The van der Waals surface area contributed by atoms with Crippen LogP contribution in [0.2, 0.25) is 5.02 Å². The standard InChI is InChI=1S/C22H21ClN4O/c1-14(13-28)25-22-26-20-11-16(6-10-21(20)27(22)2)19-9-5-17(12-24-19)15-3-7-18(23)8-4-15/h3-12,14,28H,13H2,1-2H3,(H,25,26). The number of fused-ring (bicyclic) bond motifs is 1. The predicted molar refractivity (Wildman–Crippen MR) is 115 cm³/mol. The fraction of sp³-hybridized carbons (Fsp3) is 0.182. The van der Waals surface area contributed by atoms with E-state index in [-0.39, 0.29) is 12.6 Å². The molecule has 0 aliphatic carbocycles. The summed E-state index contributed by atoms with van der Waals surface area (Å²) in [6.45, 7) is 1.97. The zero-order valence-electron chi connectivity index (χ0n) is 15.7. The maximum atomic E-state index is 9.26. The van der Waals surface area contributed by atoms with Gasteiger partial charge in [-0.1, -0.05) is 35.9 Å². The Morgan fingerprint density at radius 1 is 1.04 bits per heavy atom. The Morgan fingerprint density at radius 3 is 2.43 bits per heavy atom. The highest BCUT2D eigenvalue weighted by Gasteiger charge is 2.11. The van der Waals surface area contributed by atoms with Crippen molar-refractivity contribution >= 4 is 28.6 Å². The summed E-state index contributed by atoms with van der Waals surface area (Å²) in [6, 6.07) is 17.9. The minimum Gasteiger partial charge on any atom is -0.394 e. The molecule has 6 heteroatoms. The van der Waals surface area contributed by atoms with Crippen LogP contribution in [0.3, 0.4) is 0 Å². The van der Waals surface area contributed by atoms with Crippen molar-refractivity contribution in [1.29, 1.82) is 0 Å². The number of hydrogen-bond acceptors (Lipinski definition) is 4. The van der Waals surface area contributed by atoms with E-state index in [4.69, 9.17) is 11.6 Å². The molecule has 0 aliphatic heterocycles. The molecule has 4 aromatic rings. The first kappa shape index (κ1) is 18.5. The summed E-state index contributed by atoms with van der Waals surface area (Å²) in [5.74, 6) is 0.736. The summed E-state index contributed by atoms with van der Waals surface area (Å²) >= 11 is 5.96. The molecule has 0 fully saturated rings. The van der Waals surface area contributed by atoms with Crippen molar-refractivity contribution in [2.75, 3.05) is 11.9 Å². The number of nitrogens with one attached hydrogen (secondary N) is 1.